The van der Waals surface area contributed by atoms with Gasteiger partial charge < -0.3 is 15.3 Å². The Bertz CT molecular complexity index is 350. The van der Waals surface area contributed by atoms with Gasteiger partial charge in [0, 0.05) is 35.7 Å². The molecule has 2 fully saturated rings. The zero-order valence-corrected chi connectivity index (χ0v) is 9.92. The van der Waals surface area contributed by atoms with Crippen molar-refractivity contribution in [3.05, 3.63) is 10.6 Å². The van der Waals surface area contributed by atoms with Gasteiger partial charge in [0.1, 0.15) is 5.70 Å². The summed E-state index contributed by atoms with van der Waals surface area (Å²) in [6.07, 6.45) is 3.28. The highest BCUT2D eigenvalue weighted by molar-refractivity contribution is 8.03. The van der Waals surface area contributed by atoms with Crippen LogP contribution in [0.25, 0.3) is 0 Å². The van der Waals surface area contributed by atoms with Crippen LogP contribution in [0.2, 0.25) is 0 Å². The molecule has 0 aromatic carbocycles. The first-order valence-electron chi connectivity index (χ1n) is 5.86. The van der Waals surface area contributed by atoms with Gasteiger partial charge in [-0.3, -0.25) is 0 Å². The first-order chi connectivity index (χ1) is 7.75. The molecule has 0 bridgehead atoms. The summed E-state index contributed by atoms with van der Waals surface area (Å²) in [7, 11) is 0. The topological polar surface area (TPSA) is 52.6 Å². The number of aliphatic carboxylic acids is 1. The summed E-state index contributed by atoms with van der Waals surface area (Å²) in [5, 5.41) is 13.1. The number of thioether (sulfide) groups is 1. The lowest BCUT2D eigenvalue weighted by Crippen LogP contribution is -2.44. The molecule has 16 heavy (non-hydrogen) atoms. The second-order valence-corrected chi connectivity index (χ2v) is 6.04. The third-order valence-corrected chi connectivity index (χ3v) is 5.02. The Balaban J connectivity index is 1.76. The molecule has 0 aromatic rings. The summed E-state index contributed by atoms with van der Waals surface area (Å²) >= 11 is 1.79. The Kier molecular flexibility index (Phi) is 2.59. The number of fused-ring (bicyclic) bond motifs is 1. The van der Waals surface area contributed by atoms with Crippen molar-refractivity contribution in [3.63, 3.8) is 0 Å². The van der Waals surface area contributed by atoms with E-state index in [2.05, 4.69) is 10.2 Å². The molecule has 3 rings (SSSR count). The number of hydrogen-bond donors (Lipinski definition) is 2. The Morgan fingerprint density at radius 2 is 2.38 bits per heavy atom. The van der Waals surface area contributed by atoms with E-state index < -0.39 is 5.97 Å². The van der Waals surface area contributed by atoms with Gasteiger partial charge in [0.15, 0.2) is 0 Å². The van der Waals surface area contributed by atoms with Gasteiger partial charge in [-0.25, -0.2) is 4.79 Å². The number of nitrogens with one attached hydrogen (secondary N) is 1. The van der Waals surface area contributed by atoms with Crippen LogP contribution in [-0.4, -0.2) is 46.9 Å². The van der Waals surface area contributed by atoms with Gasteiger partial charge in [0.05, 0.1) is 0 Å². The number of carbonyl (C=O) groups is 1. The van der Waals surface area contributed by atoms with Crippen LogP contribution in [0.5, 0.6) is 0 Å². The van der Waals surface area contributed by atoms with Gasteiger partial charge in [0.25, 0.3) is 0 Å². The van der Waals surface area contributed by atoms with E-state index in [1.54, 1.807) is 11.8 Å². The van der Waals surface area contributed by atoms with E-state index in [-0.39, 0.29) is 0 Å². The van der Waals surface area contributed by atoms with Gasteiger partial charge in [0.2, 0.25) is 0 Å². The van der Waals surface area contributed by atoms with Gasteiger partial charge >= 0.3 is 5.97 Å². The summed E-state index contributed by atoms with van der Waals surface area (Å²) in [6.45, 7) is 3.02. The van der Waals surface area contributed by atoms with Crippen molar-refractivity contribution >= 4 is 17.7 Å². The molecule has 3 aliphatic rings. The SMILES string of the molecule is O=C(O)C1=C(SC2CCNC2)CC2CCN12. The maximum absolute atomic E-state index is 11.2. The molecule has 0 aromatic heterocycles. The molecule has 2 atom stereocenters. The first kappa shape index (κ1) is 10.5. The molecule has 0 amide bonds. The lowest BCUT2D eigenvalue weighted by atomic mass is 10.0. The average Bonchev–Trinajstić information content (AvgIpc) is 2.77. The van der Waals surface area contributed by atoms with Crippen molar-refractivity contribution in [3.8, 4) is 0 Å². The largest absolute Gasteiger partial charge is 0.477 e. The van der Waals surface area contributed by atoms with E-state index in [1.807, 2.05) is 0 Å². The van der Waals surface area contributed by atoms with Crippen molar-refractivity contribution in [1.82, 2.24) is 10.2 Å². The minimum atomic E-state index is -0.740. The highest BCUT2D eigenvalue weighted by Crippen LogP contribution is 2.44. The smallest absolute Gasteiger partial charge is 0.353 e. The molecule has 0 radical (unpaired) electrons. The van der Waals surface area contributed by atoms with Crippen LogP contribution in [0.1, 0.15) is 19.3 Å². The fourth-order valence-corrected chi connectivity index (χ4v) is 4.14. The number of rotatable bonds is 3. The van der Waals surface area contributed by atoms with Crippen molar-refractivity contribution < 1.29 is 9.90 Å². The van der Waals surface area contributed by atoms with E-state index >= 15 is 0 Å². The monoisotopic (exact) mass is 240 g/mol. The van der Waals surface area contributed by atoms with Crippen LogP contribution in [-0.2, 0) is 4.79 Å². The third-order valence-electron chi connectivity index (χ3n) is 3.64. The fraction of sp³-hybridized carbons (Fsp3) is 0.727. The van der Waals surface area contributed by atoms with Crippen LogP contribution in [0.3, 0.4) is 0 Å². The van der Waals surface area contributed by atoms with Crippen LogP contribution in [0, 0.1) is 0 Å². The van der Waals surface area contributed by atoms with Crippen LogP contribution in [0.4, 0.5) is 0 Å². The molecule has 0 aliphatic carbocycles. The van der Waals surface area contributed by atoms with Crippen molar-refractivity contribution in [2.45, 2.75) is 30.6 Å². The number of hydrogen-bond acceptors (Lipinski definition) is 4. The van der Waals surface area contributed by atoms with E-state index in [1.165, 1.54) is 0 Å². The molecular formula is C11H16N2O2S. The molecule has 0 saturated carbocycles. The van der Waals surface area contributed by atoms with E-state index in [0.717, 1.165) is 43.8 Å². The summed E-state index contributed by atoms with van der Waals surface area (Å²) in [6, 6.07) is 0.489. The number of carboxylic acids is 1. The standard InChI is InChI=1S/C11H16N2O2S/c14-11(15)10-9(5-7-2-4-13(7)10)16-8-1-3-12-6-8/h7-8,12H,1-6H2,(H,14,15). The zero-order valence-electron chi connectivity index (χ0n) is 9.11. The summed E-state index contributed by atoms with van der Waals surface area (Å²) < 4.78 is 0. The Morgan fingerprint density at radius 1 is 1.50 bits per heavy atom. The van der Waals surface area contributed by atoms with Gasteiger partial charge in [-0.1, -0.05) is 0 Å². The molecule has 4 nitrogen and oxygen atoms in total. The molecule has 2 N–H and O–H groups in total. The van der Waals surface area contributed by atoms with Crippen LogP contribution >= 0.6 is 11.8 Å². The molecule has 88 valence electrons. The van der Waals surface area contributed by atoms with E-state index in [0.29, 0.717) is 17.0 Å². The second-order valence-electron chi connectivity index (χ2n) is 4.65. The maximum Gasteiger partial charge on any atom is 0.353 e. The average molecular weight is 240 g/mol. The second kappa shape index (κ2) is 3.96. The predicted octanol–water partition coefficient (Wildman–Crippen LogP) is 0.856. The third kappa shape index (κ3) is 1.62. The summed E-state index contributed by atoms with van der Waals surface area (Å²) in [4.78, 5) is 14.4. The predicted molar refractivity (Wildman–Crippen MR) is 63.3 cm³/mol. The number of carboxylic acid groups (broad SMARTS) is 1. The van der Waals surface area contributed by atoms with Gasteiger partial charge in [-0.15, -0.1) is 11.8 Å². The van der Waals surface area contributed by atoms with Gasteiger partial charge in [-0.2, -0.15) is 0 Å². The molecular weight excluding hydrogens is 224 g/mol. The molecule has 5 heteroatoms. The highest BCUT2D eigenvalue weighted by atomic mass is 32.2. The van der Waals surface area contributed by atoms with Crippen LogP contribution in [0.15, 0.2) is 10.6 Å². The summed E-state index contributed by atoms with van der Waals surface area (Å²) in [5.41, 5.74) is 0.591. The van der Waals surface area contributed by atoms with Crippen molar-refractivity contribution in [1.29, 1.82) is 0 Å². The van der Waals surface area contributed by atoms with E-state index in [4.69, 9.17) is 0 Å². The summed E-state index contributed by atoms with van der Waals surface area (Å²) in [5.74, 6) is -0.740. The molecule has 3 heterocycles. The highest BCUT2D eigenvalue weighted by Gasteiger charge is 2.41. The number of nitrogens with zero attached hydrogens (tertiary/aromatic N) is 1. The Morgan fingerprint density at radius 3 is 2.94 bits per heavy atom. The van der Waals surface area contributed by atoms with Gasteiger partial charge in [-0.05, 0) is 19.4 Å². The zero-order chi connectivity index (χ0) is 11.1. The lowest BCUT2D eigenvalue weighted by molar-refractivity contribution is -0.135. The first-order valence-corrected chi connectivity index (χ1v) is 6.74. The molecule has 2 saturated heterocycles. The molecule has 0 spiro atoms. The quantitative estimate of drug-likeness (QED) is 0.766. The maximum atomic E-state index is 11.2. The normalized spacial score (nSPS) is 32.9. The van der Waals surface area contributed by atoms with Crippen molar-refractivity contribution in [2.75, 3.05) is 19.6 Å². The fourth-order valence-electron chi connectivity index (χ4n) is 2.69. The molecule has 3 aliphatic heterocycles. The minimum Gasteiger partial charge on any atom is -0.477 e. The van der Waals surface area contributed by atoms with Crippen molar-refractivity contribution in [2.24, 2.45) is 0 Å². The van der Waals surface area contributed by atoms with E-state index in [9.17, 15) is 9.90 Å². The Labute approximate surface area is 99.1 Å². The Hall–Kier alpha value is -0.680. The minimum absolute atomic E-state index is 0.489. The lowest BCUT2D eigenvalue weighted by Gasteiger charge is -2.37. The van der Waals surface area contributed by atoms with Crippen LogP contribution < -0.4 is 5.32 Å². The molecule has 2 unspecified atom stereocenters.